The SMILES string of the molecule is CCOc1ccc(C[Si](C)(C)C)cc1. The summed E-state index contributed by atoms with van der Waals surface area (Å²) in [5.41, 5.74) is 1.44. The van der Waals surface area contributed by atoms with Gasteiger partial charge in [0.05, 0.1) is 6.61 Å². The van der Waals surface area contributed by atoms with Crippen molar-refractivity contribution in [3.05, 3.63) is 29.8 Å². The van der Waals surface area contributed by atoms with Crippen molar-refractivity contribution in [2.75, 3.05) is 6.61 Å². The molecule has 0 fully saturated rings. The average Bonchev–Trinajstić information content (AvgIpc) is 2.06. The molecular formula is C12H20OSi. The fourth-order valence-electron chi connectivity index (χ4n) is 1.48. The molecule has 0 amide bonds. The third-order valence-corrected chi connectivity index (χ3v) is 3.44. The number of ether oxygens (including phenoxy) is 1. The van der Waals surface area contributed by atoms with Crippen molar-refractivity contribution in [2.24, 2.45) is 0 Å². The van der Waals surface area contributed by atoms with Crippen molar-refractivity contribution < 1.29 is 4.74 Å². The maximum atomic E-state index is 5.40. The fraction of sp³-hybridized carbons (Fsp3) is 0.500. The van der Waals surface area contributed by atoms with Crippen LogP contribution in [0.1, 0.15) is 12.5 Å². The molecule has 1 nitrogen and oxygen atoms in total. The zero-order chi connectivity index (χ0) is 10.6. The summed E-state index contributed by atoms with van der Waals surface area (Å²) in [6.45, 7) is 9.93. The summed E-state index contributed by atoms with van der Waals surface area (Å²) in [5, 5.41) is 0. The Balaban J connectivity index is 2.64. The van der Waals surface area contributed by atoms with Crippen molar-refractivity contribution >= 4 is 8.07 Å². The molecule has 0 radical (unpaired) electrons. The number of hydrogen-bond donors (Lipinski definition) is 0. The highest BCUT2D eigenvalue weighted by Gasteiger charge is 2.13. The lowest BCUT2D eigenvalue weighted by Gasteiger charge is -2.15. The summed E-state index contributed by atoms with van der Waals surface area (Å²) in [6, 6.07) is 9.75. The van der Waals surface area contributed by atoms with Gasteiger partial charge in [-0.15, -0.1) is 0 Å². The van der Waals surface area contributed by atoms with Crippen LogP contribution in [-0.2, 0) is 6.04 Å². The predicted octanol–water partition coefficient (Wildman–Crippen LogP) is 3.51. The van der Waals surface area contributed by atoms with Crippen LogP contribution in [0, 0.1) is 0 Å². The van der Waals surface area contributed by atoms with E-state index in [1.165, 1.54) is 11.6 Å². The van der Waals surface area contributed by atoms with Gasteiger partial charge in [0.1, 0.15) is 5.75 Å². The Labute approximate surface area is 88.1 Å². The quantitative estimate of drug-likeness (QED) is 0.688. The zero-order valence-corrected chi connectivity index (χ0v) is 10.6. The molecule has 0 aliphatic heterocycles. The van der Waals surface area contributed by atoms with Crippen LogP contribution >= 0.6 is 0 Å². The minimum Gasteiger partial charge on any atom is -0.494 e. The molecule has 1 aromatic rings. The van der Waals surface area contributed by atoms with E-state index in [-0.39, 0.29) is 0 Å². The van der Waals surface area contributed by atoms with E-state index in [9.17, 15) is 0 Å². The Morgan fingerprint density at radius 2 is 1.64 bits per heavy atom. The summed E-state index contributed by atoms with van der Waals surface area (Å²) in [5.74, 6) is 0.979. The molecule has 2 heteroatoms. The van der Waals surface area contributed by atoms with Crippen LogP contribution in [0.5, 0.6) is 5.75 Å². The lowest BCUT2D eigenvalue weighted by atomic mass is 10.2. The van der Waals surface area contributed by atoms with Gasteiger partial charge in [0.15, 0.2) is 0 Å². The highest BCUT2D eigenvalue weighted by molar-refractivity contribution is 6.75. The fourth-order valence-corrected chi connectivity index (χ4v) is 2.94. The second kappa shape index (κ2) is 4.65. The van der Waals surface area contributed by atoms with Crippen molar-refractivity contribution in [1.82, 2.24) is 0 Å². The summed E-state index contributed by atoms with van der Waals surface area (Å²) in [4.78, 5) is 0. The lowest BCUT2D eigenvalue weighted by Crippen LogP contribution is -2.23. The Hall–Kier alpha value is -0.763. The molecule has 0 aliphatic carbocycles. The van der Waals surface area contributed by atoms with E-state index >= 15 is 0 Å². The first-order valence-electron chi connectivity index (χ1n) is 5.23. The average molecular weight is 208 g/mol. The van der Waals surface area contributed by atoms with Gasteiger partial charge in [0.25, 0.3) is 0 Å². The number of hydrogen-bond acceptors (Lipinski definition) is 1. The molecule has 78 valence electrons. The largest absolute Gasteiger partial charge is 0.494 e. The smallest absolute Gasteiger partial charge is 0.119 e. The summed E-state index contributed by atoms with van der Waals surface area (Å²) >= 11 is 0. The molecule has 1 aromatic carbocycles. The van der Waals surface area contributed by atoms with Crippen LogP contribution in [0.2, 0.25) is 19.6 Å². The molecule has 1 rings (SSSR count). The van der Waals surface area contributed by atoms with Crippen molar-refractivity contribution in [3.63, 3.8) is 0 Å². The molecule has 0 saturated heterocycles. The Morgan fingerprint density at radius 3 is 2.07 bits per heavy atom. The predicted molar refractivity (Wildman–Crippen MR) is 64.7 cm³/mol. The van der Waals surface area contributed by atoms with Crippen molar-refractivity contribution in [2.45, 2.75) is 32.6 Å². The van der Waals surface area contributed by atoms with E-state index in [1.54, 1.807) is 0 Å². The summed E-state index contributed by atoms with van der Waals surface area (Å²) in [6.07, 6.45) is 0. The minimum absolute atomic E-state index is 0.743. The van der Waals surface area contributed by atoms with E-state index in [1.807, 2.05) is 6.92 Å². The highest BCUT2D eigenvalue weighted by atomic mass is 28.3. The molecule has 0 aliphatic rings. The molecule has 0 atom stereocenters. The van der Waals surface area contributed by atoms with E-state index in [0.717, 1.165) is 12.4 Å². The number of rotatable bonds is 4. The third-order valence-electron chi connectivity index (χ3n) is 1.97. The molecule has 0 saturated carbocycles. The maximum absolute atomic E-state index is 5.40. The standard InChI is InChI=1S/C12H20OSi/c1-5-13-12-8-6-11(7-9-12)10-14(2,3)4/h6-9H,5,10H2,1-4H3. The Kier molecular flexibility index (Phi) is 3.75. The molecule has 0 bridgehead atoms. The monoisotopic (exact) mass is 208 g/mol. The van der Waals surface area contributed by atoms with E-state index < -0.39 is 8.07 Å². The van der Waals surface area contributed by atoms with Gasteiger partial charge < -0.3 is 4.74 Å². The first-order chi connectivity index (χ1) is 6.51. The number of benzene rings is 1. The van der Waals surface area contributed by atoms with Crippen LogP contribution < -0.4 is 4.74 Å². The second-order valence-electron chi connectivity index (χ2n) is 4.81. The van der Waals surface area contributed by atoms with Gasteiger partial charge in [-0.25, -0.2) is 0 Å². The van der Waals surface area contributed by atoms with Gasteiger partial charge in [-0.1, -0.05) is 37.3 Å². The second-order valence-corrected chi connectivity index (χ2v) is 10.3. The van der Waals surface area contributed by atoms with Crippen molar-refractivity contribution in [1.29, 1.82) is 0 Å². The zero-order valence-electron chi connectivity index (χ0n) is 9.63. The molecule has 0 N–H and O–H groups in total. The first-order valence-corrected chi connectivity index (χ1v) is 8.94. The van der Waals surface area contributed by atoms with Gasteiger partial charge >= 0.3 is 0 Å². The molecule has 0 heterocycles. The molecular weight excluding hydrogens is 188 g/mol. The van der Waals surface area contributed by atoms with Gasteiger partial charge in [-0.05, 0) is 25.1 Å². The molecule has 0 spiro atoms. The molecule has 0 aromatic heterocycles. The first kappa shape index (κ1) is 11.3. The Bertz CT molecular complexity index is 271. The maximum Gasteiger partial charge on any atom is 0.119 e. The highest BCUT2D eigenvalue weighted by Crippen LogP contribution is 2.16. The summed E-state index contributed by atoms with van der Waals surface area (Å²) in [7, 11) is -0.975. The van der Waals surface area contributed by atoms with E-state index in [2.05, 4.69) is 43.9 Å². The van der Waals surface area contributed by atoms with Crippen LogP contribution in [0.25, 0.3) is 0 Å². The molecule has 14 heavy (non-hydrogen) atoms. The Morgan fingerprint density at radius 1 is 1.07 bits per heavy atom. The third kappa shape index (κ3) is 3.96. The van der Waals surface area contributed by atoms with Gasteiger partial charge in [0, 0.05) is 8.07 Å². The van der Waals surface area contributed by atoms with Gasteiger partial charge in [-0.3, -0.25) is 0 Å². The van der Waals surface area contributed by atoms with Crippen LogP contribution in [-0.4, -0.2) is 14.7 Å². The lowest BCUT2D eigenvalue weighted by molar-refractivity contribution is 0.340. The van der Waals surface area contributed by atoms with E-state index in [0.29, 0.717) is 0 Å². The van der Waals surface area contributed by atoms with Crippen LogP contribution in [0.3, 0.4) is 0 Å². The van der Waals surface area contributed by atoms with Crippen LogP contribution in [0.4, 0.5) is 0 Å². The van der Waals surface area contributed by atoms with E-state index in [4.69, 9.17) is 4.74 Å². The minimum atomic E-state index is -0.975. The topological polar surface area (TPSA) is 9.23 Å². The normalized spacial score (nSPS) is 11.4. The molecule has 0 unspecified atom stereocenters. The summed E-state index contributed by atoms with van der Waals surface area (Å²) < 4.78 is 5.40. The van der Waals surface area contributed by atoms with Crippen LogP contribution in [0.15, 0.2) is 24.3 Å². The van der Waals surface area contributed by atoms with Gasteiger partial charge in [0.2, 0.25) is 0 Å². The van der Waals surface area contributed by atoms with Crippen molar-refractivity contribution in [3.8, 4) is 5.75 Å². The van der Waals surface area contributed by atoms with Gasteiger partial charge in [-0.2, -0.15) is 0 Å².